The van der Waals surface area contributed by atoms with Crippen LogP contribution in [0.3, 0.4) is 0 Å². The monoisotopic (exact) mass is 384 g/mol. The van der Waals surface area contributed by atoms with Crippen LogP contribution in [0.1, 0.15) is 36.0 Å². The molecular weight excluding hydrogens is 364 g/mol. The van der Waals surface area contributed by atoms with E-state index in [0.717, 1.165) is 19.3 Å². The lowest BCUT2D eigenvalue weighted by atomic mass is 10.0. The van der Waals surface area contributed by atoms with Crippen LogP contribution >= 0.6 is 22.7 Å². The second kappa shape index (κ2) is 7.77. The first-order chi connectivity index (χ1) is 11.6. The molecule has 0 bridgehead atoms. The van der Waals surface area contributed by atoms with E-state index in [9.17, 15) is 13.2 Å². The number of piperidine rings is 1. The molecule has 2 aromatic heterocycles. The molecule has 8 heteroatoms. The lowest BCUT2D eigenvalue weighted by molar-refractivity contribution is 0.0950. The lowest BCUT2D eigenvalue weighted by Gasteiger charge is -2.34. The third-order valence-electron chi connectivity index (χ3n) is 4.18. The van der Waals surface area contributed by atoms with Crippen molar-refractivity contribution in [1.82, 2.24) is 9.62 Å². The zero-order valence-corrected chi connectivity index (χ0v) is 15.6. The first kappa shape index (κ1) is 17.6. The fraction of sp³-hybridized carbons (Fsp3) is 0.438. The van der Waals surface area contributed by atoms with Gasteiger partial charge in [-0.2, -0.15) is 15.6 Å². The van der Waals surface area contributed by atoms with Crippen LogP contribution in [0.5, 0.6) is 0 Å². The Morgan fingerprint density at radius 1 is 1.29 bits per heavy atom. The SMILES string of the molecule is O=C(NCC[C@@H]1CCCCN1S(=O)(=O)c1cccs1)c1ccsc1. The highest BCUT2D eigenvalue weighted by atomic mass is 32.2. The molecule has 0 saturated carbocycles. The number of carbonyl (C=O) groups is 1. The molecule has 0 aliphatic carbocycles. The van der Waals surface area contributed by atoms with Crippen LogP contribution in [0.25, 0.3) is 0 Å². The molecule has 5 nitrogen and oxygen atoms in total. The van der Waals surface area contributed by atoms with Crippen molar-refractivity contribution >= 4 is 38.6 Å². The van der Waals surface area contributed by atoms with Crippen molar-refractivity contribution in [2.24, 2.45) is 0 Å². The molecule has 0 radical (unpaired) electrons. The average molecular weight is 385 g/mol. The zero-order valence-electron chi connectivity index (χ0n) is 13.2. The Morgan fingerprint density at radius 2 is 2.17 bits per heavy atom. The summed E-state index contributed by atoms with van der Waals surface area (Å²) in [5.41, 5.74) is 0.659. The molecule has 1 aliphatic rings. The summed E-state index contributed by atoms with van der Waals surface area (Å²) in [5.74, 6) is -0.0975. The Bertz CT molecular complexity index is 755. The molecule has 130 valence electrons. The van der Waals surface area contributed by atoms with Gasteiger partial charge in [0.25, 0.3) is 15.9 Å². The van der Waals surface area contributed by atoms with E-state index in [-0.39, 0.29) is 11.9 Å². The summed E-state index contributed by atoms with van der Waals surface area (Å²) in [6.07, 6.45) is 3.40. The topological polar surface area (TPSA) is 66.5 Å². The minimum Gasteiger partial charge on any atom is -0.352 e. The number of thiophene rings is 2. The van der Waals surface area contributed by atoms with Gasteiger partial charge in [-0.15, -0.1) is 11.3 Å². The molecule has 0 aromatic carbocycles. The van der Waals surface area contributed by atoms with Gasteiger partial charge in [-0.05, 0) is 42.2 Å². The van der Waals surface area contributed by atoms with Crippen molar-refractivity contribution in [3.63, 3.8) is 0 Å². The summed E-state index contributed by atoms with van der Waals surface area (Å²) < 4.78 is 27.6. The molecule has 2 aromatic rings. The van der Waals surface area contributed by atoms with Gasteiger partial charge in [0.2, 0.25) is 0 Å². The largest absolute Gasteiger partial charge is 0.352 e. The van der Waals surface area contributed by atoms with Gasteiger partial charge in [-0.3, -0.25) is 4.79 Å². The molecule has 24 heavy (non-hydrogen) atoms. The van der Waals surface area contributed by atoms with Crippen LogP contribution in [0.2, 0.25) is 0 Å². The second-order valence-corrected chi connectivity index (χ2v) is 9.60. The maximum Gasteiger partial charge on any atom is 0.252 e. The van der Waals surface area contributed by atoms with Gasteiger partial charge in [0.15, 0.2) is 0 Å². The summed E-state index contributed by atoms with van der Waals surface area (Å²) in [7, 11) is -3.42. The van der Waals surface area contributed by atoms with Crippen molar-refractivity contribution in [1.29, 1.82) is 0 Å². The summed E-state index contributed by atoms with van der Waals surface area (Å²) in [5, 5.41) is 8.35. The van der Waals surface area contributed by atoms with Crippen molar-refractivity contribution < 1.29 is 13.2 Å². The molecule has 1 saturated heterocycles. The number of amides is 1. The first-order valence-corrected chi connectivity index (χ1v) is 11.2. The van der Waals surface area contributed by atoms with Gasteiger partial charge in [0.1, 0.15) is 4.21 Å². The zero-order chi connectivity index (χ0) is 17.0. The quantitative estimate of drug-likeness (QED) is 0.832. The third kappa shape index (κ3) is 3.88. The van der Waals surface area contributed by atoms with Gasteiger partial charge in [0.05, 0.1) is 0 Å². The van der Waals surface area contributed by atoms with Crippen molar-refractivity contribution in [3.8, 4) is 0 Å². The molecule has 1 atom stereocenters. The molecule has 1 aliphatic heterocycles. The van der Waals surface area contributed by atoms with E-state index in [4.69, 9.17) is 0 Å². The lowest BCUT2D eigenvalue weighted by Crippen LogP contribution is -2.44. The van der Waals surface area contributed by atoms with E-state index < -0.39 is 10.0 Å². The molecule has 1 N–H and O–H groups in total. The number of rotatable bonds is 6. The van der Waals surface area contributed by atoms with Crippen LogP contribution in [0, 0.1) is 0 Å². The van der Waals surface area contributed by atoms with Crippen LogP contribution in [-0.4, -0.2) is 37.8 Å². The number of carbonyl (C=O) groups excluding carboxylic acids is 1. The molecular formula is C16H20N2O3S3. The summed E-state index contributed by atoms with van der Waals surface area (Å²) >= 11 is 2.74. The Hall–Kier alpha value is -1.22. The highest BCUT2D eigenvalue weighted by Gasteiger charge is 2.33. The maximum atomic E-state index is 12.8. The normalized spacial score (nSPS) is 19.2. The second-order valence-electron chi connectivity index (χ2n) is 5.75. The highest BCUT2D eigenvalue weighted by Crippen LogP contribution is 2.29. The average Bonchev–Trinajstić information content (AvgIpc) is 3.29. The smallest absolute Gasteiger partial charge is 0.252 e. The predicted octanol–water partition coefficient (Wildman–Crippen LogP) is 3.17. The summed E-state index contributed by atoms with van der Waals surface area (Å²) in [4.78, 5) is 12.0. The van der Waals surface area contributed by atoms with E-state index in [1.54, 1.807) is 27.9 Å². The fourth-order valence-corrected chi connectivity index (χ4v) is 6.43. The molecule has 3 rings (SSSR count). The summed E-state index contributed by atoms with van der Waals surface area (Å²) in [6.45, 7) is 1.04. The molecule has 1 fully saturated rings. The minimum atomic E-state index is -3.42. The fourth-order valence-electron chi connectivity index (χ4n) is 2.95. The number of nitrogens with zero attached hydrogens (tertiary/aromatic N) is 1. The molecule has 0 spiro atoms. The van der Waals surface area contributed by atoms with Crippen molar-refractivity contribution in [2.45, 2.75) is 35.9 Å². The number of hydrogen-bond acceptors (Lipinski definition) is 5. The predicted molar refractivity (Wildman–Crippen MR) is 97.1 cm³/mol. The van der Waals surface area contributed by atoms with E-state index in [1.807, 2.05) is 10.8 Å². The van der Waals surface area contributed by atoms with Gasteiger partial charge in [-0.1, -0.05) is 12.5 Å². The van der Waals surface area contributed by atoms with E-state index in [0.29, 0.717) is 29.3 Å². The Kier molecular flexibility index (Phi) is 5.70. The Labute approximate surface area is 150 Å². The highest BCUT2D eigenvalue weighted by molar-refractivity contribution is 7.91. The van der Waals surface area contributed by atoms with Gasteiger partial charge >= 0.3 is 0 Å². The van der Waals surface area contributed by atoms with E-state index >= 15 is 0 Å². The maximum absolute atomic E-state index is 12.8. The van der Waals surface area contributed by atoms with Gasteiger partial charge in [-0.25, -0.2) is 8.42 Å². The Morgan fingerprint density at radius 3 is 2.88 bits per heavy atom. The van der Waals surface area contributed by atoms with Crippen molar-refractivity contribution in [2.75, 3.05) is 13.1 Å². The van der Waals surface area contributed by atoms with Gasteiger partial charge < -0.3 is 5.32 Å². The number of nitrogens with one attached hydrogen (secondary N) is 1. The first-order valence-electron chi connectivity index (χ1n) is 7.95. The minimum absolute atomic E-state index is 0.0476. The van der Waals surface area contributed by atoms with E-state index in [2.05, 4.69) is 5.32 Å². The van der Waals surface area contributed by atoms with Crippen LogP contribution in [0.4, 0.5) is 0 Å². The molecule has 1 amide bonds. The van der Waals surface area contributed by atoms with Crippen LogP contribution in [-0.2, 0) is 10.0 Å². The third-order valence-corrected chi connectivity index (χ3v) is 8.19. The Balaban J connectivity index is 1.62. The van der Waals surface area contributed by atoms with E-state index in [1.165, 1.54) is 22.7 Å². The number of hydrogen-bond donors (Lipinski definition) is 1. The van der Waals surface area contributed by atoms with Gasteiger partial charge in [0, 0.05) is 30.1 Å². The van der Waals surface area contributed by atoms with Crippen LogP contribution in [0.15, 0.2) is 38.5 Å². The standard InChI is InChI=1S/C16H20N2O3S3/c19-16(13-7-11-22-12-13)17-8-6-14-4-1-2-9-18(14)24(20,21)15-5-3-10-23-15/h3,5,7,10-12,14H,1-2,4,6,8-9H2,(H,17,19)/t14-/m0/s1. The molecule has 0 unspecified atom stereocenters. The number of sulfonamides is 1. The van der Waals surface area contributed by atoms with Crippen LogP contribution < -0.4 is 5.32 Å². The summed E-state index contributed by atoms with van der Waals surface area (Å²) in [6, 6.07) is 5.16. The molecule has 3 heterocycles. The van der Waals surface area contributed by atoms with Crippen molar-refractivity contribution in [3.05, 3.63) is 39.9 Å².